The molecule has 0 N–H and O–H groups in total. The van der Waals surface area contributed by atoms with E-state index in [-0.39, 0.29) is 11.9 Å². The second kappa shape index (κ2) is 7.26. The molecule has 1 aliphatic rings. The second-order valence-corrected chi connectivity index (χ2v) is 7.31. The number of esters is 1. The van der Waals surface area contributed by atoms with Crippen LogP contribution < -0.4 is 4.90 Å². The normalized spacial score (nSPS) is 17.3. The summed E-state index contributed by atoms with van der Waals surface area (Å²) < 4.78 is 12.3. The average Bonchev–Trinajstić information content (AvgIpc) is 3.29. The van der Waals surface area contributed by atoms with E-state index in [0.29, 0.717) is 18.8 Å². The number of aromatic nitrogens is 4. The van der Waals surface area contributed by atoms with Gasteiger partial charge in [0.05, 0.1) is 12.5 Å². The van der Waals surface area contributed by atoms with Crippen LogP contribution in [0.4, 0.5) is 5.82 Å². The van der Waals surface area contributed by atoms with Crippen LogP contribution >= 0.6 is 0 Å². The highest BCUT2D eigenvalue weighted by atomic mass is 16.5. The number of hydrogen-bond acceptors (Lipinski definition) is 7. The van der Waals surface area contributed by atoms with Crippen molar-refractivity contribution in [2.24, 2.45) is 5.92 Å². The Kier molecular flexibility index (Phi) is 4.78. The molecule has 0 radical (unpaired) electrons. The van der Waals surface area contributed by atoms with Crippen molar-refractivity contribution in [3.63, 3.8) is 0 Å². The zero-order valence-electron chi connectivity index (χ0n) is 16.7. The largest absolute Gasteiger partial charge is 0.466 e. The first-order chi connectivity index (χ1) is 13.5. The lowest BCUT2D eigenvalue weighted by Gasteiger charge is -2.34. The Morgan fingerprint density at radius 3 is 2.82 bits per heavy atom. The van der Waals surface area contributed by atoms with Crippen LogP contribution in [0.15, 0.2) is 16.7 Å². The Hall–Kier alpha value is -2.90. The SMILES string of the molecule is CCOC(=O)[C@H]1CCCN(c2c(C)c(C)nc3cc(-c4cc(C)on4)nn23)C1. The van der Waals surface area contributed by atoms with Crippen molar-refractivity contribution in [2.75, 3.05) is 24.6 Å². The quantitative estimate of drug-likeness (QED) is 0.640. The summed E-state index contributed by atoms with van der Waals surface area (Å²) in [4.78, 5) is 19.2. The average molecular weight is 383 g/mol. The third-order valence-electron chi connectivity index (χ3n) is 5.28. The summed E-state index contributed by atoms with van der Waals surface area (Å²) in [5.74, 6) is 1.47. The van der Waals surface area contributed by atoms with Crippen LogP contribution in [0.2, 0.25) is 0 Å². The number of anilines is 1. The first-order valence-corrected chi connectivity index (χ1v) is 9.70. The van der Waals surface area contributed by atoms with Gasteiger partial charge in [-0.2, -0.15) is 9.61 Å². The molecule has 148 valence electrons. The molecular formula is C20H25N5O3. The Balaban J connectivity index is 1.76. The summed E-state index contributed by atoms with van der Waals surface area (Å²) in [5.41, 5.74) is 4.17. The van der Waals surface area contributed by atoms with Crippen LogP contribution in [-0.2, 0) is 9.53 Å². The standard InChI is InChI=1S/C20H25N5O3/c1-5-27-20(26)15-7-6-8-24(11-15)19-13(3)14(4)21-18-10-16(22-25(18)19)17-9-12(2)28-23-17/h9-10,15H,5-8,11H2,1-4H3/t15-/m0/s1. The number of hydrogen-bond donors (Lipinski definition) is 0. The van der Waals surface area contributed by atoms with Crippen LogP contribution in [0.25, 0.3) is 17.0 Å². The summed E-state index contributed by atoms with van der Waals surface area (Å²) in [6.45, 7) is 9.64. The van der Waals surface area contributed by atoms with Gasteiger partial charge in [-0.3, -0.25) is 4.79 Å². The molecule has 3 aromatic rings. The van der Waals surface area contributed by atoms with Crippen molar-refractivity contribution in [1.29, 1.82) is 0 Å². The van der Waals surface area contributed by atoms with Gasteiger partial charge in [0.1, 0.15) is 23.0 Å². The fourth-order valence-electron chi connectivity index (χ4n) is 3.79. The molecule has 0 spiro atoms. The molecule has 0 aliphatic carbocycles. The van der Waals surface area contributed by atoms with Crippen molar-refractivity contribution in [1.82, 2.24) is 19.8 Å². The van der Waals surface area contributed by atoms with Gasteiger partial charge in [-0.1, -0.05) is 5.16 Å². The van der Waals surface area contributed by atoms with E-state index in [9.17, 15) is 4.79 Å². The third kappa shape index (κ3) is 3.23. The molecule has 8 heteroatoms. The van der Waals surface area contributed by atoms with Crippen LogP contribution in [0.1, 0.15) is 36.8 Å². The maximum atomic E-state index is 12.3. The van der Waals surface area contributed by atoms with E-state index in [2.05, 4.69) is 10.1 Å². The summed E-state index contributed by atoms with van der Waals surface area (Å²) >= 11 is 0. The molecular weight excluding hydrogens is 358 g/mol. The first-order valence-electron chi connectivity index (χ1n) is 9.70. The molecule has 3 aromatic heterocycles. The smallest absolute Gasteiger partial charge is 0.310 e. The van der Waals surface area contributed by atoms with E-state index in [4.69, 9.17) is 19.3 Å². The lowest BCUT2D eigenvalue weighted by molar-refractivity contribution is -0.148. The molecule has 8 nitrogen and oxygen atoms in total. The lowest BCUT2D eigenvalue weighted by Crippen LogP contribution is -2.41. The van der Waals surface area contributed by atoms with Crippen molar-refractivity contribution in [2.45, 2.75) is 40.5 Å². The zero-order chi connectivity index (χ0) is 19.8. The Morgan fingerprint density at radius 2 is 2.11 bits per heavy atom. The minimum Gasteiger partial charge on any atom is -0.466 e. The zero-order valence-corrected chi connectivity index (χ0v) is 16.7. The summed E-state index contributed by atoms with van der Waals surface area (Å²) in [6, 6.07) is 3.78. The number of rotatable bonds is 4. The van der Waals surface area contributed by atoms with Crippen LogP contribution in [0.5, 0.6) is 0 Å². The highest BCUT2D eigenvalue weighted by Crippen LogP contribution is 2.30. The van der Waals surface area contributed by atoms with E-state index in [1.807, 2.05) is 44.3 Å². The number of aryl methyl sites for hydroxylation is 2. The van der Waals surface area contributed by atoms with Crippen LogP contribution in [-0.4, -0.2) is 45.4 Å². The lowest BCUT2D eigenvalue weighted by atomic mass is 9.98. The highest BCUT2D eigenvalue weighted by molar-refractivity contribution is 5.74. The van der Waals surface area contributed by atoms with Crippen molar-refractivity contribution >= 4 is 17.4 Å². The third-order valence-corrected chi connectivity index (χ3v) is 5.28. The summed E-state index contributed by atoms with van der Waals surface area (Å²) in [5, 5.41) is 8.82. The first kappa shape index (κ1) is 18.5. The van der Waals surface area contributed by atoms with Crippen molar-refractivity contribution in [3.05, 3.63) is 29.2 Å². The summed E-state index contributed by atoms with van der Waals surface area (Å²) in [7, 11) is 0. The van der Waals surface area contributed by atoms with Gasteiger partial charge in [0, 0.05) is 36.5 Å². The van der Waals surface area contributed by atoms with E-state index in [0.717, 1.165) is 53.6 Å². The van der Waals surface area contributed by atoms with Gasteiger partial charge >= 0.3 is 5.97 Å². The van der Waals surface area contributed by atoms with Crippen LogP contribution in [0, 0.1) is 26.7 Å². The minimum atomic E-state index is -0.121. The van der Waals surface area contributed by atoms with Gasteiger partial charge in [0.2, 0.25) is 0 Å². The highest BCUT2D eigenvalue weighted by Gasteiger charge is 2.29. The maximum Gasteiger partial charge on any atom is 0.310 e. The molecule has 0 amide bonds. The Morgan fingerprint density at radius 1 is 1.29 bits per heavy atom. The number of carbonyl (C=O) groups is 1. The van der Waals surface area contributed by atoms with Crippen LogP contribution in [0.3, 0.4) is 0 Å². The molecule has 4 rings (SSSR count). The van der Waals surface area contributed by atoms with E-state index in [1.165, 1.54) is 0 Å². The molecule has 0 aromatic carbocycles. The van der Waals surface area contributed by atoms with E-state index < -0.39 is 0 Å². The number of piperidine rings is 1. The van der Waals surface area contributed by atoms with E-state index >= 15 is 0 Å². The molecule has 1 saturated heterocycles. The van der Waals surface area contributed by atoms with Crippen molar-refractivity contribution in [3.8, 4) is 11.4 Å². The van der Waals surface area contributed by atoms with Crippen molar-refractivity contribution < 1.29 is 14.1 Å². The monoisotopic (exact) mass is 383 g/mol. The summed E-state index contributed by atoms with van der Waals surface area (Å²) in [6.07, 6.45) is 1.78. The molecule has 28 heavy (non-hydrogen) atoms. The molecule has 0 bridgehead atoms. The molecule has 1 aliphatic heterocycles. The Bertz CT molecular complexity index is 1020. The fourth-order valence-corrected chi connectivity index (χ4v) is 3.79. The predicted molar refractivity (Wildman–Crippen MR) is 104 cm³/mol. The predicted octanol–water partition coefficient (Wildman–Crippen LogP) is 3.09. The number of fused-ring (bicyclic) bond motifs is 1. The van der Waals surface area contributed by atoms with E-state index in [1.54, 1.807) is 0 Å². The fraction of sp³-hybridized carbons (Fsp3) is 0.500. The molecule has 1 fully saturated rings. The van der Waals surface area contributed by atoms with Gasteiger partial charge < -0.3 is 14.2 Å². The van der Waals surface area contributed by atoms with Gasteiger partial charge in [-0.25, -0.2) is 4.98 Å². The number of ether oxygens (including phenoxy) is 1. The van der Waals surface area contributed by atoms with Gasteiger partial charge in [0.15, 0.2) is 5.65 Å². The maximum absolute atomic E-state index is 12.3. The van der Waals surface area contributed by atoms with Gasteiger partial charge in [0.25, 0.3) is 0 Å². The number of nitrogens with zero attached hydrogens (tertiary/aromatic N) is 5. The van der Waals surface area contributed by atoms with Gasteiger partial charge in [-0.05, 0) is 40.5 Å². The molecule has 1 atom stereocenters. The second-order valence-electron chi connectivity index (χ2n) is 7.31. The van der Waals surface area contributed by atoms with Gasteiger partial charge in [-0.15, -0.1) is 0 Å². The minimum absolute atomic E-state index is 0.119. The topological polar surface area (TPSA) is 85.8 Å². The molecule has 0 saturated carbocycles. The Labute approximate surface area is 163 Å². The molecule has 4 heterocycles. The number of carbonyl (C=O) groups excluding carboxylic acids is 1. The molecule has 0 unspecified atom stereocenters.